The molecule has 3 nitrogen and oxygen atoms in total. The first-order valence-corrected chi connectivity index (χ1v) is 5.89. The average Bonchev–Trinajstić information content (AvgIpc) is 2.58. The Labute approximate surface area is 100 Å². The zero-order chi connectivity index (χ0) is 11.7. The molecule has 1 saturated heterocycles. The molecule has 0 bridgehead atoms. The predicted molar refractivity (Wildman–Crippen MR) is 63.5 cm³/mol. The van der Waals surface area contributed by atoms with E-state index >= 15 is 0 Å². The number of carbonyl (C=O) groups is 1. The number of likely N-dealkylation sites (tertiary alicyclic amines) is 1. The van der Waals surface area contributed by atoms with Crippen LogP contribution in [0.1, 0.15) is 30.6 Å². The molecule has 2 rings (SSSR count). The molecule has 0 N–H and O–H groups in total. The molecule has 1 aromatic rings. The Hall–Kier alpha value is -1.09. The number of pyridine rings is 1. The number of rotatable bonds is 1. The van der Waals surface area contributed by atoms with Crippen LogP contribution in [0.4, 0.5) is 0 Å². The lowest BCUT2D eigenvalue weighted by Crippen LogP contribution is -2.34. The fourth-order valence-corrected chi connectivity index (χ4v) is 2.48. The second-order valence-corrected chi connectivity index (χ2v) is 4.85. The molecule has 1 aromatic heterocycles. The molecule has 0 aliphatic carbocycles. The Bertz CT molecular complexity index is 408. The second-order valence-electron chi connectivity index (χ2n) is 4.49. The fourth-order valence-electron chi connectivity index (χ4n) is 2.28. The maximum atomic E-state index is 12.2. The lowest BCUT2D eigenvalue weighted by Gasteiger charge is -2.21. The first-order chi connectivity index (χ1) is 7.59. The van der Waals surface area contributed by atoms with Crippen LogP contribution >= 0.6 is 11.6 Å². The third kappa shape index (κ3) is 2.05. The third-order valence-electron chi connectivity index (χ3n) is 3.03. The van der Waals surface area contributed by atoms with Crippen molar-refractivity contribution in [1.82, 2.24) is 9.88 Å². The molecule has 1 amide bonds. The Morgan fingerprint density at radius 1 is 1.56 bits per heavy atom. The SMILES string of the molecule is CC1CC(C)N(C(=O)c2cccnc2Cl)C1. The van der Waals surface area contributed by atoms with E-state index in [1.807, 2.05) is 4.90 Å². The number of hydrogen-bond donors (Lipinski definition) is 0. The van der Waals surface area contributed by atoms with Gasteiger partial charge in [-0.15, -0.1) is 0 Å². The second kappa shape index (κ2) is 4.42. The molecule has 1 aliphatic heterocycles. The van der Waals surface area contributed by atoms with E-state index in [1.54, 1.807) is 18.3 Å². The molecule has 2 heterocycles. The van der Waals surface area contributed by atoms with Gasteiger partial charge in [0.05, 0.1) is 5.56 Å². The van der Waals surface area contributed by atoms with Crippen LogP contribution in [0.2, 0.25) is 5.15 Å². The summed E-state index contributed by atoms with van der Waals surface area (Å²) in [5.74, 6) is 0.560. The maximum absolute atomic E-state index is 12.2. The highest BCUT2D eigenvalue weighted by atomic mass is 35.5. The largest absolute Gasteiger partial charge is 0.336 e. The maximum Gasteiger partial charge on any atom is 0.257 e. The van der Waals surface area contributed by atoms with Crippen molar-refractivity contribution in [3.8, 4) is 0 Å². The number of amides is 1. The first-order valence-electron chi connectivity index (χ1n) is 5.51. The minimum atomic E-state index is -0.00468. The monoisotopic (exact) mass is 238 g/mol. The summed E-state index contributed by atoms with van der Waals surface area (Å²) in [5.41, 5.74) is 0.505. The number of hydrogen-bond acceptors (Lipinski definition) is 2. The van der Waals surface area contributed by atoms with Crippen LogP contribution in [0.5, 0.6) is 0 Å². The molecule has 86 valence electrons. The minimum Gasteiger partial charge on any atom is -0.336 e. The molecule has 0 radical (unpaired) electrons. The van der Waals surface area contributed by atoms with Crippen molar-refractivity contribution >= 4 is 17.5 Å². The van der Waals surface area contributed by atoms with Gasteiger partial charge in [-0.1, -0.05) is 18.5 Å². The van der Waals surface area contributed by atoms with Gasteiger partial charge in [-0.3, -0.25) is 4.79 Å². The van der Waals surface area contributed by atoms with E-state index in [1.165, 1.54) is 0 Å². The molecule has 0 spiro atoms. The molecule has 2 atom stereocenters. The number of aromatic nitrogens is 1. The van der Waals surface area contributed by atoms with Crippen LogP contribution in [0, 0.1) is 5.92 Å². The lowest BCUT2D eigenvalue weighted by molar-refractivity contribution is 0.0743. The van der Waals surface area contributed by atoms with Crippen LogP contribution in [-0.2, 0) is 0 Å². The van der Waals surface area contributed by atoms with E-state index in [0.717, 1.165) is 13.0 Å². The van der Waals surface area contributed by atoms with E-state index in [4.69, 9.17) is 11.6 Å². The summed E-state index contributed by atoms with van der Waals surface area (Å²) in [7, 11) is 0. The van der Waals surface area contributed by atoms with Gasteiger partial charge in [0.2, 0.25) is 0 Å². The highest BCUT2D eigenvalue weighted by Crippen LogP contribution is 2.25. The minimum absolute atomic E-state index is 0.00468. The quantitative estimate of drug-likeness (QED) is 0.705. The van der Waals surface area contributed by atoms with Crippen molar-refractivity contribution in [1.29, 1.82) is 0 Å². The lowest BCUT2D eigenvalue weighted by atomic mass is 10.1. The van der Waals surface area contributed by atoms with Crippen molar-refractivity contribution in [2.24, 2.45) is 5.92 Å². The smallest absolute Gasteiger partial charge is 0.257 e. The van der Waals surface area contributed by atoms with Crippen LogP contribution < -0.4 is 0 Å². The summed E-state index contributed by atoms with van der Waals surface area (Å²) in [5, 5.41) is 0.291. The number of carbonyl (C=O) groups excluding carboxylic acids is 1. The Morgan fingerprint density at radius 2 is 2.31 bits per heavy atom. The van der Waals surface area contributed by atoms with Crippen molar-refractivity contribution in [3.63, 3.8) is 0 Å². The molecule has 0 aromatic carbocycles. The van der Waals surface area contributed by atoms with Gasteiger partial charge in [-0.05, 0) is 31.4 Å². The van der Waals surface area contributed by atoms with Gasteiger partial charge in [0, 0.05) is 18.8 Å². The predicted octanol–water partition coefficient (Wildman–Crippen LogP) is 2.61. The van der Waals surface area contributed by atoms with Crippen molar-refractivity contribution < 1.29 is 4.79 Å². The van der Waals surface area contributed by atoms with Gasteiger partial charge in [0.15, 0.2) is 0 Å². The van der Waals surface area contributed by atoms with Crippen LogP contribution in [0.3, 0.4) is 0 Å². The van der Waals surface area contributed by atoms with Gasteiger partial charge in [0.25, 0.3) is 5.91 Å². The fraction of sp³-hybridized carbons (Fsp3) is 0.500. The van der Waals surface area contributed by atoms with Crippen LogP contribution in [0.15, 0.2) is 18.3 Å². The van der Waals surface area contributed by atoms with E-state index in [9.17, 15) is 4.79 Å². The van der Waals surface area contributed by atoms with E-state index in [2.05, 4.69) is 18.8 Å². The average molecular weight is 239 g/mol. The van der Waals surface area contributed by atoms with Gasteiger partial charge in [-0.2, -0.15) is 0 Å². The summed E-state index contributed by atoms with van der Waals surface area (Å²) in [6.45, 7) is 5.05. The summed E-state index contributed by atoms with van der Waals surface area (Å²) in [6.07, 6.45) is 2.65. The molecule has 16 heavy (non-hydrogen) atoms. The Morgan fingerprint density at radius 3 is 2.88 bits per heavy atom. The van der Waals surface area contributed by atoms with Gasteiger partial charge in [-0.25, -0.2) is 4.98 Å². The molecule has 1 aliphatic rings. The zero-order valence-electron chi connectivity index (χ0n) is 9.48. The molecular formula is C12H15ClN2O. The normalized spacial score (nSPS) is 24.8. The molecule has 4 heteroatoms. The Balaban J connectivity index is 2.23. The topological polar surface area (TPSA) is 33.2 Å². The molecule has 1 fully saturated rings. The first kappa shape index (κ1) is 11.4. The van der Waals surface area contributed by atoms with E-state index in [-0.39, 0.29) is 5.91 Å². The Kier molecular flexibility index (Phi) is 3.15. The van der Waals surface area contributed by atoms with E-state index in [0.29, 0.717) is 22.7 Å². The molecular weight excluding hydrogens is 224 g/mol. The van der Waals surface area contributed by atoms with Crippen molar-refractivity contribution in [2.75, 3.05) is 6.54 Å². The standard InChI is InChI=1S/C12H15ClN2O/c1-8-6-9(2)15(7-8)12(16)10-4-3-5-14-11(10)13/h3-5,8-9H,6-7H2,1-2H3. The van der Waals surface area contributed by atoms with Gasteiger partial charge >= 0.3 is 0 Å². The van der Waals surface area contributed by atoms with Crippen LogP contribution in [0.25, 0.3) is 0 Å². The van der Waals surface area contributed by atoms with Gasteiger partial charge in [0.1, 0.15) is 5.15 Å². The summed E-state index contributed by atoms with van der Waals surface area (Å²) in [4.78, 5) is 18.0. The molecule has 0 saturated carbocycles. The highest BCUT2D eigenvalue weighted by molar-refractivity contribution is 6.32. The van der Waals surface area contributed by atoms with Crippen molar-refractivity contribution in [2.45, 2.75) is 26.3 Å². The third-order valence-corrected chi connectivity index (χ3v) is 3.34. The highest BCUT2D eigenvalue weighted by Gasteiger charge is 2.31. The summed E-state index contributed by atoms with van der Waals surface area (Å²) < 4.78 is 0. The summed E-state index contributed by atoms with van der Waals surface area (Å²) in [6, 6.07) is 3.76. The van der Waals surface area contributed by atoms with Crippen LogP contribution in [-0.4, -0.2) is 28.4 Å². The van der Waals surface area contributed by atoms with Crippen molar-refractivity contribution in [3.05, 3.63) is 29.0 Å². The summed E-state index contributed by atoms with van der Waals surface area (Å²) >= 11 is 5.92. The molecule has 2 unspecified atom stereocenters. The zero-order valence-corrected chi connectivity index (χ0v) is 10.2. The van der Waals surface area contributed by atoms with Gasteiger partial charge < -0.3 is 4.90 Å². The van der Waals surface area contributed by atoms with E-state index < -0.39 is 0 Å². The number of halogens is 1. The number of nitrogens with zero attached hydrogens (tertiary/aromatic N) is 2.